The number of nitrogens with zero attached hydrogens (tertiary/aromatic N) is 5. The van der Waals surface area contributed by atoms with Gasteiger partial charge in [0.15, 0.2) is 0 Å². The zero-order chi connectivity index (χ0) is 22.2. The van der Waals surface area contributed by atoms with E-state index in [2.05, 4.69) is 28.0 Å². The molecule has 0 spiro atoms. The largest absolute Gasteiger partial charge is 0.478 e. The van der Waals surface area contributed by atoms with E-state index in [1.807, 2.05) is 30.3 Å². The maximum Gasteiger partial charge on any atom is 0.338 e. The second-order valence-electron chi connectivity index (χ2n) is 7.59. The van der Waals surface area contributed by atoms with Crippen molar-refractivity contribution in [3.8, 4) is 17.1 Å². The minimum absolute atomic E-state index is 0.0644. The van der Waals surface area contributed by atoms with Crippen LogP contribution in [0.1, 0.15) is 15.9 Å². The molecule has 0 radical (unpaired) electrons. The summed E-state index contributed by atoms with van der Waals surface area (Å²) in [4.78, 5) is 22.9. The minimum Gasteiger partial charge on any atom is -0.478 e. The number of hydrogen-bond donors (Lipinski definition) is 1. The Bertz CT molecular complexity index is 1330. The monoisotopic (exact) mass is 449 g/mol. The van der Waals surface area contributed by atoms with Crippen molar-refractivity contribution in [3.05, 3.63) is 64.9 Å². The van der Waals surface area contributed by atoms with E-state index in [1.54, 1.807) is 0 Å². The number of aryl methyl sites for hydroxylation is 1. The summed E-state index contributed by atoms with van der Waals surface area (Å²) in [5, 5.41) is 14.8. The fourth-order valence-corrected chi connectivity index (χ4v) is 4.12. The Balaban J connectivity index is 1.72. The van der Waals surface area contributed by atoms with Crippen LogP contribution in [-0.4, -0.2) is 57.1 Å². The number of aromatic nitrogens is 4. The summed E-state index contributed by atoms with van der Waals surface area (Å²) in [6.45, 7) is 4.63. The van der Waals surface area contributed by atoms with Gasteiger partial charge in [-0.3, -0.25) is 0 Å². The van der Waals surface area contributed by atoms with E-state index in [0.29, 0.717) is 36.8 Å². The quantitative estimate of drug-likeness (QED) is 0.503. The minimum atomic E-state index is -1.06. The van der Waals surface area contributed by atoms with E-state index in [9.17, 15) is 9.90 Å². The van der Waals surface area contributed by atoms with E-state index in [0.717, 1.165) is 27.9 Å². The molecule has 9 heteroatoms. The molecule has 162 valence electrons. The number of carbonyl (C=O) groups is 1. The molecule has 2 aromatic heterocycles. The Hall–Kier alpha value is -3.49. The summed E-state index contributed by atoms with van der Waals surface area (Å²) in [5.41, 5.74) is 3.81. The topological polar surface area (TPSA) is 93.4 Å². The average Bonchev–Trinajstić information content (AvgIpc) is 3.30. The van der Waals surface area contributed by atoms with Crippen molar-refractivity contribution in [1.29, 1.82) is 0 Å². The fourth-order valence-electron chi connectivity index (χ4n) is 3.86. The van der Waals surface area contributed by atoms with Crippen molar-refractivity contribution in [2.45, 2.75) is 6.92 Å². The molecule has 5 rings (SSSR count). The molecule has 0 aliphatic carbocycles. The number of hydrogen-bond acceptors (Lipinski definition) is 6. The lowest BCUT2D eigenvalue weighted by Gasteiger charge is -2.29. The first-order valence-electron chi connectivity index (χ1n) is 10.2. The summed E-state index contributed by atoms with van der Waals surface area (Å²) in [6, 6.07) is 11.9. The van der Waals surface area contributed by atoms with Crippen molar-refractivity contribution >= 4 is 34.3 Å². The van der Waals surface area contributed by atoms with E-state index in [1.165, 1.54) is 17.1 Å². The van der Waals surface area contributed by atoms with Crippen LogP contribution in [0.5, 0.6) is 0 Å². The van der Waals surface area contributed by atoms with Crippen LogP contribution in [0.2, 0.25) is 5.02 Å². The summed E-state index contributed by atoms with van der Waals surface area (Å²) in [6.07, 6.45) is 2.68. The number of benzene rings is 2. The van der Waals surface area contributed by atoms with Gasteiger partial charge >= 0.3 is 5.97 Å². The number of carboxylic acids is 1. The van der Waals surface area contributed by atoms with Crippen LogP contribution in [0.4, 0.5) is 5.82 Å². The molecule has 1 saturated heterocycles. The van der Waals surface area contributed by atoms with Gasteiger partial charge in [0.05, 0.1) is 35.5 Å². The van der Waals surface area contributed by atoms with Crippen molar-refractivity contribution < 1.29 is 14.6 Å². The molecule has 0 unspecified atom stereocenters. The molecule has 1 aliphatic rings. The van der Waals surface area contributed by atoms with Gasteiger partial charge in [-0.1, -0.05) is 35.9 Å². The smallest absolute Gasteiger partial charge is 0.338 e. The maximum atomic E-state index is 11.3. The van der Waals surface area contributed by atoms with Crippen LogP contribution in [0.25, 0.3) is 28.0 Å². The highest BCUT2D eigenvalue weighted by Gasteiger charge is 2.21. The number of aromatic carboxylic acids is 1. The molecule has 0 amide bonds. The van der Waals surface area contributed by atoms with Gasteiger partial charge in [-0.05, 0) is 30.2 Å². The van der Waals surface area contributed by atoms with Gasteiger partial charge < -0.3 is 14.7 Å². The molecule has 2 aromatic carbocycles. The van der Waals surface area contributed by atoms with Crippen LogP contribution < -0.4 is 4.90 Å². The van der Waals surface area contributed by atoms with E-state index in [-0.39, 0.29) is 11.5 Å². The van der Waals surface area contributed by atoms with Crippen molar-refractivity contribution in [2.75, 3.05) is 31.2 Å². The Kier molecular flexibility index (Phi) is 5.24. The number of halogens is 1. The molecule has 8 nitrogen and oxygen atoms in total. The summed E-state index contributed by atoms with van der Waals surface area (Å²) in [5.74, 6) is -0.0327. The van der Waals surface area contributed by atoms with Crippen LogP contribution in [0.15, 0.2) is 48.8 Å². The lowest BCUT2D eigenvalue weighted by molar-refractivity contribution is 0.0697. The molecule has 1 aliphatic heterocycles. The van der Waals surface area contributed by atoms with Crippen LogP contribution >= 0.6 is 11.6 Å². The van der Waals surface area contributed by atoms with Crippen molar-refractivity contribution in [3.63, 3.8) is 0 Å². The normalized spacial score (nSPS) is 14.1. The number of rotatable bonds is 4. The van der Waals surface area contributed by atoms with Crippen molar-refractivity contribution in [2.24, 2.45) is 0 Å². The molecular formula is C23H20ClN5O3. The predicted molar refractivity (Wildman–Crippen MR) is 122 cm³/mol. The number of fused-ring (bicyclic) bond motifs is 1. The molecule has 1 fully saturated rings. The SMILES string of the molecule is Cc1ccccc1-c1cc2c(N3CCOCC3)nc(-n3cc(C(=O)O)cn3)nc2cc1Cl. The summed E-state index contributed by atoms with van der Waals surface area (Å²) in [7, 11) is 0. The van der Waals surface area contributed by atoms with E-state index < -0.39 is 5.97 Å². The highest BCUT2D eigenvalue weighted by Crippen LogP contribution is 2.36. The van der Waals surface area contributed by atoms with Crippen LogP contribution in [0.3, 0.4) is 0 Å². The summed E-state index contributed by atoms with van der Waals surface area (Å²) >= 11 is 6.70. The lowest BCUT2D eigenvalue weighted by Crippen LogP contribution is -2.37. The van der Waals surface area contributed by atoms with Gasteiger partial charge in [0.25, 0.3) is 5.95 Å². The average molecular weight is 450 g/mol. The zero-order valence-corrected chi connectivity index (χ0v) is 18.1. The third-order valence-corrected chi connectivity index (χ3v) is 5.85. The Morgan fingerprint density at radius 2 is 1.91 bits per heavy atom. The number of ether oxygens (including phenoxy) is 1. The second-order valence-corrected chi connectivity index (χ2v) is 8.00. The summed E-state index contributed by atoms with van der Waals surface area (Å²) < 4.78 is 6.89. The highest BCUT2D eigenvalue weighted by atomic mass is 35.5. The third kappa shape index (κ3) is 3.68. The van der Waals surface area contributed by atoms with Gasteiger partial charge in [-0.15, -0.1) is 0 Å². The fraction of sp³-hybridized carbons (Fsp3) is 0.217. The molecule has 3 heterocycles. The van der Waals surface area contributed by atoms with E-state index in [4.69, 9.17) is 21.3 Å². The Morgan fingerprint density at radius 3 is 2.62 bits per heavy atom. The van der Waals surface area contributed by atoms with Gasteiger partial charge in [-0.2, -0.15) is 10.1 Å². The predicted octanol–water partition coefficient (Wildman–Crippen LogP) is 3.98. The Labute approximate surface area is 189 Å². The van der Waals surface area contributed by atoms with Gasteiger partial charge in [0, 0.05) is 30.2 Å². The first-order chi connectivity index (χ1) is 15.5. The Morgan fingerprint density at radius 1 is 1.12 bits per heavy atom. The molecule has 4 aromatic rings. The molecule has 0 atom stereocenters. The number of anilines is 1. The highest BCUT2D eigenvalue weighted by molar-refractivity contribution is 6.34. The molecule has 0 bridgehead atoms. The number of morpholine rings is 1. The molecule has 1 N–H and O–H groups in total. The van der Waals surface area contributed by atoms with Gasteiger partial charge in [-0.25, -0.2) is 14.5 Å². The first-order valence-corrected chi connectivity index (χ1v) is 10.6. The van der Waals surface area contributed by atoms with E-state index >= 15 is 0 Å². The van der Waals surface area contributed by atoms with Gasteiger partial charge in [0.1, 0.15) is 5.82 Å². The van der Waals surface area contributed by atoms with Crippen LogP contribution in [0, 0.1) is 6.92 Å². The first kappa shape index (κ1) is 20.4. The molecule has 0 saturated carbocycles. The van der Waals surface area contributed by atoms with Crippen molar-refractivity contribution in [1.82, 2.24) is 19.7 Å². The molecular weight excluding hydrogens is 430 g/mol. The van der Waals surface area contributed by atoms with Crippen LogP contribution in [-0.2, 0) is 4.74 Å². The second kappa shape index (κ2) is 8.22. The third-order valence-electron chi connectivity index (χ3n) is 5.53. The maximum absolute atomic E-state index is 11.3. The standard InChI is InChI=1S/C23H20ClN5O3/c1-14-4-2-3-5-16(14)17-10-18-20(11-19(17)24)26-23(29-13-15(12-25-29)22(30)31)27-21(18)28-6-8-32-9-7-28/h2-5,10-13H,6-9H2,1H3,(H,30,31). The number of carboxylic acid groups (broad SMARTS) is 1. The molecule has 32 heavy (non-hydrogen) atoms. The lowest BCUT2D eigenvalue weighted by atomic mass is 9.99. The van der Waals surface area contributed by atoms with Gasteiger partial charge in [0.2, 0.25) is 0 Å². The zero-order valence-electron chi connectivity index (χ0n) is 17.3.